The summed E-state index contributed by atoms with van der Waals surface area (Å²) in [6.07, 6.45) is 0. The van der Waals surface area contributed by atoms with E-state index in [0.717, 1.165) is 6.92 Å². The molecule has 2 aromatic heterocycles. The third-order valence-corrected chi connectivity index (χ3v) is 2.48. The fourth-order valence-corrected chi connectivity index (χ4v) is 1.18. The zero-order valence-corrected chi connectivity index (χ0v) is 11.1. The van der Waals surface area contributed by atoms with Crippen molar-refractivity contribution < 1.29 is 35.1 Å². The van der Waals surface area contributed by atoms with Crippen LogP contribution in [0.25, 0.3) is 0 Å². The Balaban J connectivity index is 0.000000220. The molecule has 0 aliphatic rings. The highest BCUT2D eigenvalue weighted by Gasteiger charge is 2.18. The smallest absolute Gasteiger partial charge is 0.202 e. The largest absolute Gasteiger partial charge is 0.254 e. The lowest BCUT2D eigenvalue weighted by molar-refractivity contribution is 0.399. The zero-order chi connectivity index (χ0) is 17.2. The van der Waals surface area contributed by atoms with Gasteiger partial charge in [-0.25, -0.2) is 13.2 Å². The molecular weight excluding hydrogens is 348 g/mol. The summed E-state index contributed by atoms with van der Waals surface area (Å²) in [5.41, 5.74) is -0.699. The molecule has 22 heavy (non-hydrogen) atoms. The fourth-order valence-electron chi connectivity index (χ4n) is 1.05. The molecule has 0 aliphatic heterocycles. The minimum Gasteiger partial charge on any atom is -0.202 e. The Hall–Kier alpha value is -1.97. The molecule has 2 rings (SSSR count). The van der Waals surface area contributed by atoms with Gasteiger partial charge in [-0.2, -0.15) is 31.9 Å². The summed E-state index contributed by atoms with van der Waals surface area (Å²) in [4.78, 5) is 4.70. The molecule has 0 aromatic carbocycles. The van der Waals surface area contributed by atoms with Crippen LogP contribution in [0.1, 0.15) is 5.56 Å². The van der Waals surface area contributed by atoms with Gasteiger partial charge in [-0.05, 0) is 6.92 Å². The van der Waals surface area contributed by atoms with Gasteiger partial charge < -0.3 is 0 Å². The van der Waals surface area contributed by atoms with Crippen molar-refractivity contribution in [1.29, 1.82) is 0 Å². The second-order valence-electron chi connectivity index (χ2n) is 3.58. The Morgan fingerprint density at radius 1 is 0.591 bits per heavy atom. The maximum Gasteiger partial charge on any atom is 0.254 e. The third kappa shape index (κ3) is 3.62. The molecule has 0 saturated heterocycles. The Kier molecular flexibility index (Phi) is 5.64. The minimum atomic E-state index is -1.88. The molecule has 0 radical (unpaired) electrons. The Labute approximate surface area is 122 Å². The van der Waals surface area contributed by atoms with Crippen molar-refractivity contribution in [2.75, 3.05) is 0 Å². The van der Waals surface area contributed by atoms with E-state index >= 15 is 0 Å². The van der Waals surface area contributed by atoms with Crippen molar-refractivity contribution in [2.45, 2.75) is 6.92 Å². The van der Waals surface area contributed by atoms with Crippen LogP contribution in [0.15, 0.2) is 0 Å². The summed E-state index contributed by atoms with van der Waals surface area (Å²) in [5, 5.41) is -1.15. The number of hydrogen-bond donors (Lipinski definition) is 0. The molecular formula is C11H3ClF8N2. The van der Waals surface area contributed by atoms with Gasteiger partial charge in [-0.15, -0.1) is 0 Å². The predicted octanol–water partition coefficient (Wildman–Crippen LogP) is 4.24. The van der Waals surface area contributed by atoms with Gasteiger partial charge in [-0.1, -0.05) is 11.6 Å². The number of pyridine rings is 2. The van der Waals surface area contributed by atoms with E-state index in [1.807, 2.05) is 0 Å². The van der Waals surface area contributed by atoms with E-state index in [0.29, 0.717) is 0 Å². The number of halogens is 9. The maximum absolute atomic E-state index is 12.3. The number of nitrogens with zero attached hydrogens (tertiary/aromatic N) is 2. The molecule has 11 heteroatoms. The quantitative estimate of drug-likeness (QED) is 0.525. The highest BCUT2D eigenvalue weighted by Crippen LogP contribution is 2.20. The normalized spacial score (nSPS) is 10.3. The van der Waals surface area contributed by atoms with Crippen LogP contribution >= 0.6 is 11.6 Å². The highest BCUT2D eigenvalue weighted by molar-refractivity contribution is 6.30. The van der Waals surface area contributed by atoms with Crippen LogP contribution in [-0.4, -0.2) is 9.97 Å². The topological polar surface area (TPSA) is 25.8 Å². The molecule has 120 valence electrons. The van der Waals surface area contributed by atoms with E-state index in [1.165, 1.54) is 0 Å². The van der Waals surface area contributed by atoms with Gasteiger partial charge in [0.15, 0.2) is 17.5 Å². The van der Waals surface area contributed by atoms with Crippen LogP contribution < -0.4 is 0 Å². The lowest BCUT2D eigenvalue weighted by atomic mass is 10.3. The van der Waals surface area contributed by atoms with Gasteiger partial charge in [-0.3, -0.25) is 0 Å². The summed E-state index contributed by atoms with van der Waals surface area (Å²) >= 11 is 4.84. The summed E-state index contributed by atoms with van der Waals surface area (Å²) in [6, 6.07) is 0. The van der Waals surface area contributed by atoms with Crippen LogP contribution in [0.5, 0.6) is 0 Å². The molecule has 0 saturated carbocycles. The lowest BCUT2D eigenvalue weighted by Gasteiger charge is -1.98. The van der Waals surface area contributed by atoms with Gasteiger partial charge >= 0.3 is 0 Å². The van der Waals surface area contributed by atoms with Crippen LogP contribution in [-0.2, 0) is 0 Å². The first kappa shape index (κ1) is 18.1. The third-order valence-electron chi connectivity index (χ3n) is 2.16. The average molecular weight is 351 g/mol. The average Bonchev–Trinajstić information content (AvgIpc) is 2.47. The molecule has 2 heterocycles. The number of hydrogen-bond acceptors (Lipinski definition) is 2. The molecule has 0 spiro atoms. The summed E-state index contributed by atoms with van der Waals surface area (Å²) in [5.74, 6) is -13.2. The minimum absolute atomic E-state index is 0.699. The predicted molar refractivity (Wildman–Crippen MR) is 57.9 cm³/mol. The SMILES string of the molecule is Cc1c(F)c(F)nc(F)c1F.Fc1nc(F)c(Cl)c(F)c1F. The molecule has 2 aromatic rings. The molecule has 0 aliphatic carbocycles. The van der Waals surface area contributed by atoms with Crippen molar-refractivity contribution >= 4 is 11.6 Å². The van der Waals surface area contributed by atoms with E-state index in [4.69, 9.17) is 11.6 Å². The Morgan fingerprint density at radius 3 is 1.41 bits per heavy atom. The standard InChI is InChI=1S/C6H3F4N.C5ClF4N/c1-2-3(7)5(9)11-6(10)4(2)8;6-1-2(7)3(8)5(10)11-4(1)9/h1H3;. The van der Waals surface area contributed by atoms with Crippen molar-refractivity contribution in [3.8, 4) is 0 Å². The lowest BCUT2D eigenvalue weighted by Crippen LogP contribution is -2.02. The van der Waals surface area contributed by atoms with E-state index in [2.05, 4.69) is 9.97 Å². The molecule has 0 fully saturated rings. The maximum atomic E-state index is 12.3. The first-order valence-corrected chi connectivity index (χ1v) is 5.47. The van der Waals surface area contributed by atoms with Crippen molar-refractivity contribution in [1.82, 2.24) is 9.97 Å². The van der Waals surface area contributed by atoms with Crippen LogP contribution in [0, 0.1) is 54.0 Å². The summed E-state index contributed by atoms with van der Waals surface area (Å²) in [6.45, 7) is 0.929. The van der Waals surface area contributed by atoms with E-state index in [9.17, 15) is 35.1 Å². The molecule has 0 unspecified atom stereocenters. The van der Waals surface area contributed by atoms with Crippen LogP contribution in [0.3, 0.4) is 0 Å². The highest BCUT2D eigenvalue weighted by atomic mass is 35.5. The molecule has 0 amide bonds. The van der Waals surface area contributed by atoms with Gasteiger partial charge in [0.05, 0.1) is 0 Å². The van der Waals surface area contributed by atoms with E-state index in [-0.39, 0.29) is 0 Å². The van der Waals surface area contributed by atoms with Gasteiger partial charge in [0, 0.05) is 5.56 Å². The van der Waals surface area contributed by atoms with Gasteiger partial charge in [0.25, 0.3) is 17.8 Å². The van der Waals surface area contributed by atoms with Gasteiger partial charge in [0.1, 0.15) is 5.02 Å². The van der Waals surface area contributed by atoms with Crippen molar-refractivity contribution in [3.63, 3.8) is 0 Å². The first-order valence-electron chi connectivity index (χ1n) is 5.10. The Bertz CT molecular complexity index is 608. The second kappa shape index (κ2) is 6.86. The van der Waals surface area contributed by atoms with Crippen LogP contribution in [0.4, 0.5) is 35.1 Å². The van der Waals surface area contributed by atoms with E-state index in [1.54, 1.807) is 0 Å². The summed E-state index contributed by atoms with van der Waals surface area (Å²) in [7, 11) is 0. The second-order valence-corrected chi connectivity index (χ2v) is 3.96. The number of rotatable bonds is 0. The van der Waals surface area contributed by atoms with Crippen molar-refractivity contribution in [3.05, 3.63) is 57.6 Å². The van der Waals surface area contributed by atoms with Crippen LogP contribution in [0.2, 0.25) is 5.02 Å². The monoisotopic (exact) mass is 350 g/mol. The zero-order valence-electron chi connectivity index (χ0n) is 10.3. The first-order chi connectivity index (χ1) is 10.1. The molecule has 0 bridgehead atoms. The number of aromatic nitrogens is 2. The molecule has 2 nitrogen and oxygen atoms in total. The summed E-state index contributed by atoms with van der Waals surface area (Å²) < 4.78 is 97.4. The fraction of sp³-hybridized carbons (Fsp3) is 0.0909. The Morgan fingerprint density at radius 2 is 0.955 bits per heavy atom. The molecule has 0 N–H and O–H groups in total. The van der Waals surface area contributed by atoms with Crippen molar-refractivity contribution in [2.24, 2.45) is 0 Å². The molecule has 0 atom stereocenters. The van der Waals surface area contributed by atoms with Gasteiger partial charge in [0.2, 0.25) is 11.8 Å². The van der Waals surface area contributed by atoms with E-state index < -0.39 is 57.6 Å².